The average Bonchev–Trinajstić information content (AvgIpc) is 2.76. The number of benzene rings is 1. The van der Waals surface area contributed by atoms with Gasteiger partial charge in [0, 0.05) is 23.5 Å². The van der Waals surface area contributed by atoms with Gasteiger partial charge >= 0.3 is 5.97 Å². The SMILES string of the molecule is O=C(O)CCCn1c(O)c(C=C=Cc2ccc(Br)cc2)sc1=S. The number of hydrogen-bond acceptors (Lipinski definition) is 4. The number of aromatic hydroxyl groups is 1. The topological polar surface area (TPSA) is 62.5 Å². The summed E-state index contributed by atoms with van der Waals surface area (Å²) in [6, 6.07) is 7.77. The number of carbonyl (C=O) groups is 1. The monoisotopic (exact) mass is 411 g/mol. The molecular formula is C16H14BrNO3S2. The van der Waals surface area contributed by atoms with Gasteiger partial charge in [0.05, 0.1) is 4.88 Å². The standard InChI is InChI=1S/C16H14BrNO3S2/c17-12-8-6-11(7-9-12)3-1-4-13-15(21)18(16(22)23-13)10-2-5-14(19)20/h3-4,6-9,21H,2,5,10H2,(H,19,20). The quantitative estimate of drug-likeness (QED) is 0.521. The summed E-state index contributed by atoms with van der Waals surface area (Å²) in [7, 11) is 0. The summed E-state index contributed by atoms with van der Waals surface area (Å²) < 4.78 is 3.08. The third-order valence-electron chi connectivity index (χ3n) is 3.00. The minimum absolute atomic E-state index is 0.0473. The summed E-state index contributed by atoms with van der Waals surface area (Å²) >= 11 is 9.86. The second-order valence-electron chi connectivity index (χ2n) is 4.71. The van der Waals surface area contributed by atoms with E-state index in [1.54, 1.807) is 10.6 Å². The molecule has 2 N–H and O–H groups in total. The number of aliphatic carboxylic acids is 1. The molecule has 4 nitrogen and oxygen atoms in total. The number of carboxylic acids is 1. The summed E-state index contributed by atoms with van der Waals surface area (Å²) in [5.41, 5.74) is 4.02. The highest BCUT2D eigenvalue weighted by Gasteiger charge is 2.09. The number of aromatic nitrogens is 1. The zero-order chi connectivity index (χ0) is 16.8. The molecule has 0 aliphatic heterocycles. The summed E-state index contributed by atoms with van der Waals surface area (Å²) in [6.07, 6.45) is 3.95. The lowest BCUT2D eigenvalue weighted by Crippen LogP contribution is -2.01. The fourth-order valence-electron chi connectivity index (χ4n) is 1.87. The van der Waals surface area contributed by atoms with E-state index in [0.29, 0.717) is 21.8 Å². The molecule has 7 heteroatoms. The number of carboxylic acid groups (broad SMARTS) is 1. The van der Waals surface area contributed by atoms with Gasteiger partial charge in [-0.25, -0.2) is 0 Å². The van der Waals surface area contributed by atoms with Gasteiger partial charge in [0.1, 0.15) is 0 Å². The van der Waals surface area contributed by atoms with Crippen LogP contribution in [0.1, 0.15) is 23.3 Å². The van der Waals surface area contributed by atoms with E-state index in [-0.39, 0.29) is 12.3 Å². The first-order chi connectivity index (χ1) is 11.0. The van der Waals surface area contributed by atoms with Crippen LogP contribution in [-0.4, -0.2) is 20.7 Å². The minimum atomic E-state index is -0.858. The Balaban J connectivity index is 2.14. The molecule has 120 valence electrons. The molecule has 0 spiro atoms. The summed E-state index contributed by atoms with van der Waals surface area (Å²) in [6.45, 7) is 0.387. The van der Waals surface area contributed by atoms with Gasteiger partial charge in [-0.15, -0.1) is 17.1 Å². The van der Waals surface area contributed by atoms with Crippen molar-refractivity contribution in [2.24, 2.45) is 0 Å². The third kappa shape index (κ3) is 5.18. The van der Waals surface area contributed by atoms with Crippen LogP contribution in [0.15, 0.2) is 34.5 Å². The molecule has 1 aromatic carbocycles. The van der Waals surface area contributed by atoms with Crippen LogP contribution in [0.25, 0.3) is 12.2 Å². The largest absolute Gasteiger partial charge is 0.493 e. The molecule has 0 unspecified atom stereocenters. The second-order valence-corrected chi connectivity index (χ2v) is 7.30. The third-order valence-corrected chi connectivity index (χ3v) is 4.91. The van der Waals surface area contributed by atoms with E-state index in [1.165, 1.54) is 11.3 Å². The summed E-state index contributed by atoms with van der Waals surface area (Å²) in [5, 5.41) is 18.8. The maximum Gasteiger partial charge on any atom is 0.303 e. The first-order valence-corrected chi connectivity index (χ1v) is 8.81. The first-order valence-electron chi connectivity index (χ1n) is 6.80. The molecular weight excluding hydrogens is 398 g/mol. The minimum Gasteiger partial charge on any atom is -0.493 e. The molecule has 2 aromatic rings. The number of nitrogens with zero attached hydrogens (tertiary/aromatic N) is 1. The number of rotatable bonds is 6. The first kappa shape index (κ1) is 17.7. The number of thiazole rings is 1. The normalized spacial score (nSPS) is 10.1. The van der Waals surface area contributed by atoms with E-state index in [1.807, 2.05) is 30.3 Å². The van der Waals surface area contributed by atoms with Crippen molar-refractivity contribution >= 4 is 57.6 Å². The Morgan fingerprint density at radius 1 is 1.35 bits per heavy atom. The molecule has 1 heterocycles. The Kier molecular flexibility index (Phi) is 6.36. The van der Waals surface area contributed by atoms with E-state index in [4.69, 9.17) is 17.3 Å². The number of halogens is 1. The lowest BCUT2D eigenvalue weighted by atomic mass is 10.2. The van der Waals surface area contributed by atoms with Crippen molar-refractivity contribution in [1.29, 1.82) is 0 Å². The van der Waals surface area contributed by atoms with Crippen LogP contribution in [-0.2, 0) is 11.3 Å². The van der Waals surface area contributed by atoms with E-state index >= 15 is 0 Å². The van der Waals surface area contributed by atoms with E-state index in [0.717, 1.165) is 10.0 Å². The van der Waals surface area contributed by atoms with Gasteiger partial charge < -0.3 is 10.2 Å². The van der Waals surface area contributed by atoms with E-state index in [2.05, 4.69) is 21.7 Å². The molecule has 0 aliphatic rings. The van der Waals surface area contributed by atoms with Gasteiger partial charge in [-0.2, -0.15) is 0 Å². The molecule has 0 bridgehead atoms. The summed E-state index contributed by atoms with van der Waals surface area (Å²) in [4.78, 5) is 11.2. The predicted molar refractivity (Wildman–Crippen MR) is 98.3 cm³/mol. The van der Waals surface area contributed by atoms with Crippen LogP contribution in [0.5, 0.6) is 5.88 Å². The summed E-state index contributed by atoms with van der Waals surface area (Å²) in [5.74, 6) is -0.800. The van der Waals surface area contributed by atoms with Crippen molar-refractivity contribution in [2.45, 2.75) is 19.4 Å². The molecule has 0 aliphatic carbocycles. The Labute approximate surface area is 151 Å². The predicted octanol–water partition coefficient (Wildman–Crippen LogP) is 4.94. The van der Waals surface area contributed by atoms with Crippen molar-refractivity contribution in [2.75, 3.05) is 0 Å². The lowest BCUT2D eigenvalue weighted by Gasteiger charge is -2.02. The molecule has 0 saturated carbocycles. The molecule has 23 heavy (non-hydrogen) atoms. The highest BCUT2D eigenvalue weighted by molar-refractivity contribution is 9.10. The molecule has 0 saturated heterocycles. The smallest absolute Gasteiger partial charge is 0.303 e. The maximum absolute atomic E-state index is 10.5. The molecule has 0 atom stereocenters. The van der Waals surface area contributed by atoms with Crippen LogP contribution in [0.2, 0.25) is 0 Å². The van der Waals surface area contributed by atoms with Gasteiger partial charge in [0.2, 0.25) is 5.88 Å². The van der Waals surface area contributed by atoms with Crippen molar-refractivity contribution in [3.8, 4) is 5.88 Å². The molecule has 0 radical (unpaired) electrons. The highest BCUT2D eigenvalue weighted by atomic mass is 79.9. The highest BCUT2D eigenvalue weighted by Crippen LogP contribution is 2.27. The Bertz CT molecular complexity index is 815. The van der Waals surface area contributed by atoms with Crippen LogP contribution < -0.4 is 0 Å². The van der Waals surface area contributed by atoms with Gasteiger partial charge in [0.25, 0.3) is 0 Å². The van der Waals surface area contributed by atoms with Gasteiger partial charge in [-0.1, -0.05) is 28.1 Å². The van der Waals surface area contributed by atoms with Crippen LogP contribution in [0, 0.1) is 3.95 Å². The Morgan fingerprint density at radius 3 is 2.70 bits per heavy atom. The van der Waals surface area contributed by atoms with Crippen LogP contribution in [0.3, 0.4) is 0 Å². The molecule has 1 aromatic heterocycles. The number of hydrogen-bond donors (Lipinski definition) is 2. The Morgan fingerprint density at radius 2 is 2.04 bits per heavy atom. The molecule has 0 amide bonds. The second kappa shape index (κ2) is 8.26. The van der Waals surface area contributed by atoms with E-state index in [9.17, 15) is 9.90 Å². The van der Waals surface area contributed by atoms with Crippen molar-refractivity contribution in [3.05, 3.63) is 48.9 Å². The van der Waals surface area contributed by atoms with Crippen molar-refractivity contribution < 1.29 is 15.0 Å². The van der Waals surface area contributed by atoms with Crippen LogP contribution >= 0.6 is 39.5 Å². The molecule has 0 fully saturated rings. The zero-order valence-electron chi connectivity index (χ0n) is 12.0. The Hall–Kier alpha value is -1.66. The fraction of sp³-hybridized carbons (Fsp3) is 0.188. The lowest BCUT2D eigenvalue weighted by molar-refractivity contribution is -0.137. The maximum atomic E-state index is 10.5. The van der Waals surface area contributed by atoms with Crippen LogP contribution in [0.4, 0.5) is 0 Å². The van der Waals surface area contributed by atoms with Crippen molar-refractivity contribution in [3.63, 3.8) is 0 Å². The van der Waals surface area contributed by atoms with Gasteiger partial charge in [-0.05, 0) is 42.4 Å². The fourth-order valence-corrected chi connectivity index (χ4v) is 3.38. The molecule has 2 rings (SSSR count). The van der Waals surface area contributed by atoms with Crippen molar-refractivity contribution in [1.82, 2.24) is 4.57 Å². The van der Waals surface area contributed by atoms with E-state index < -0.39 is 5.97 Å². The van der Waals surface area contributed by atoms with Gasteiger partial charge in [-0.3, -0.25) is 9.36 Å². The zero-order valence-corrected chi connectivity index (χ0v) is 15.2. The average molecular weight is 412 g/mol. The van der Waals surface area contributed by atoms with Gasteiger partial charge in [0.15, 0.2) is 3.95 Å².